The van der Waals surface area contributed by atoms with Gasteiger partial charge in [0.1, 0.15) is 5.60 Å². The van der Waals surface area contributed by atoms with Gasteiger partial charge in [0.2, 0.25) is 11.2 Å². The Morgan fingerprint density at radius 2 is 1.72 bits per heavy atom. The normalized spacial score (nSPS) is 16.8. The lowest BCUT2D eigenvalue weighted by atomic mass is 10.1. The largest absolute Gasteiger partial charge is 0.458 e. The summed E-state index contributed by atoms with van der Waals surface area (Å²) in [5.74, 6) is 0.619. The van der Waals surface area contributed by atoms with Crippen molar-refractivity contribution in [3.8, 4) is 6.01 Å². The zero-order chi connectivity index (χ0) is 13.2. The zero-order valence-corrected chi connectivity index (χ0v) is 11.9. The van der Waals surface area contributed by atoms with Crippen LogP contribution in [0, 0.1) is 0 Å². The molecule has 0 aliphatic carbocycles. The van der Waals surface area contributed by atoms with Gasteiger partial charge in [-0.3, -0.25) is 0 Å². The molecule has 1 aliphatic rings. The summed E-state index contributed by atoms with van der Waals surface area (Å²) in [6, 6.07) is 0.295. The average Bonchev–Trinajstić information content (AvgIpc) is 2.27. The molecule has 0 amide bonds. The molecule has 1 saturated heterocycles. The highest BCUT2D eigenvalue weighted by atomic mass is 35.5. The molecule has 5 nitrogen and oxygen atoms in total. The first kappa shape index (κ1) is 13.3. The van der Waals surface area contributed by atoms with Crippen LogP contribution in [-0.4, -0.2) is 33.6 Å². The van der Waals surface area contributed by atoms with Crippen LogP contribution >= 0.6 is 11.6 Å². The maximum atomic E-state index is 5.93. The van der Waals surface area contributed by atoms with Crippen molar-refractivity contribution in [2.24, 2.45) is 0 Å². The minimum atomic E-state index is -0.343. The summed E-state index contributed by atoms with van der Waals surface area (Å²) < 4.78 is 5.64. The Hall–Kier alpha value is -1.10. The van der Waals surface area contributed by atoms with Gasteiger partial charge in [0.15, 0.2) is 0 Å². The number of hydrogen-bond acceptors (Lipinski definition) is 5. The van der Waals surface area contributed by atoms with Crippen LogP contribution in [0.5, 0.6) is 6.01 Å². The van der Waals surface area contributed by atoms with E-state index in [9.17, 15) is 0 Å². The SMILES string of the molecule is CC(C)(C)Oc1nc(Cl)nc(N2CCCCC2)n1. The van der Waals surface area contributed by atoms with Gasteiger partial charge >= 0.3 is 6.01 Å². The molecule has 1 aromatic rings. The average molecular weight is 271 g/mol. The van der Waals surface area contributed by atoms with Crippen molar-refractivity contribution in [3.63, 3.8) is 0 Å². The van der Waals surface area contributed by atoms with E-state index in [-0.39, 0.29) is 10.9 Å². The first-order valence-corrected chi connectivity index (χ1v) is 6.67. The highest BCUT2D eigenvalue weighted by molar-refractivity contribution is 6.28. The Morgan fingerprint density at radius 3 is 2.33 bits per heavy atom. The van der Waals surface area contributed by atoms with Crippen molar-refractivity contribution in [1.29, 1.82) is 0 Å². The second-order valence-corrected chi connectivity index (χ2v) is 5.79. The Morgan fingerprint density at radius 1 is 1.06 bits per heavy atom. The maximum absolute atomic E-state index is 5.93. The van der Waals surface area contributed by atoms with Gasteiger partial charge < -0.3 is 9.64 Å². The van der Waals surface area contributed by atoms with Gasteiger partial charge in [0, 0.05) is 13.1 Å². The molecule has 2 heterocycles. The minimum absolute atomic E-state index is 0.185. The topological polar surface area (TPSA) is 51.1 Å². The fourth-order valence-electron chi connectivity index (χ4n) is 1.88. The van der Waals surface area contributed by atoms with Gasteiger partial charge in [0.25, 0.3) is 0 Å². The molecular formula is C12H19ClN4O. The van der Waals surface area contributed by atoms with Gasteiger partial charge in [-0.15, -0.1) is 0 Å². The summed E-state index contributed by atoms with van der Waals surface area (Å²) in [7, 11) is 0. The van der Waals surface area contributed by atoms with E-state index in [0.717, 1.165) is 13.1 Å². The monoisotopic (exact) mass is 270 g/mol. The van der Waals surface area contributed by atoms with Crippen LogP contribution in [-0.2, 0) is 0 Å². The van der Waals surface area contributed by atoms with E-state index in [1.165, 1.54) is 19.3 Å². The maximum Gasteiger partial charge on any atom is 0.323 e. The van der Waals surface area contributed by atoms with E-state index in [1.54, 1.807) is 0 Å². The van der Waals surface area contributed by atoms with Gasteiger partial charge in [-0.05, 0) is 51.6 Å². The van der Waals surface area contributed by atoms with E-state index in [4.69, 9.17) is 16.3 Å². The fraction of sp³-hybridized carbons (Fsp3) is 0.750. The summed E-state index contributed by atoms with van der Waals surface area (Å²) in [6.45, 7) is 7.78. The summed E-state index contributed by atoms with van der Waals surface area (Å²) in [5.41, 5.74) is -0.343. The minimum Gasteiger partial charge on any atom is -0.458 e. The lowest BCUT2D eigenvalue weighted by Gasteiger charge is -2.27. The van der Waals surface area contributed by atoms with Crippen LogP contribution < -0.4 is 9.64 Å². The lowest BCUT2D eigenvalue weighted by molar-refractivity contribution is 0.116. The van der Waals surface area contributed by atoms with Crippen molar-refractivity contribution >= 4 is 17.5 Å². The number of rotatable bonds is 2. The van der Waals surface area contributed by atoms with Crippen molar-refractivity contribution in [2.45, 2.75) is 45.6 Å². The third kappa shape index (κ3) is 3.70. The molecule has 18 heavy (non-hydrogen) atoms. The summed E-state index contributed by atoms with van der Waals surface area (Å²) >= 11 is 5.93. The highest BCUT2D eigenvalue weighted by Gasteiger charge is 2.19. The molecule has 0 bridgehead atoms. The number of piperidine rings is 1. The molecular weight excluding hydrogens is 252 g/mol. The molecule has 2 rings (SSSR count). The Kier molecular flexibility index (Phi) is 3.90. The Balaban J connectivity index is 2.20. The Labute approximate surface area is 113 Å². The van der Waals surface area contributed by atoms with E-state index in [0.29, 0.717) is 12.0 Å². The van der Waals surface area contributed by atoms with Crippen LogP contribution in [0.4, 0.5) is 5.95 Å². The highest BCUT2D eigenvalue weighted by Crippen LogP contribution is 2.21. The van der Waals surface area contributed by atoms with Gasteiger partial charge in [-0.2, -0.15) is 15.0 Å². The second kappa shape index (κ2) is 5.26. The van der Waals surface area contributed by atoms with Crippen molar-refractivity contribution in [1.82, 2.24) is 15.0 Å². The van der Waals surface area contributed by atoms with Gasteiger partial charge in [-0.25, -0.2) is 0 Å². The number of anilines is 1. The summed E-state index contributed by atoms with van der Waals surface area (Å²) in [4.78, 5) is 14.7. The fourth-order valence-corrected chi connectivity index (χ4v) is 2.02. The zero-order valence-electron chi connectivity index (χ0n) is 11.1. The molecule has 0 atom stereocenters. The van der Waals surface area contributed by atoms with Crippen LogP contribution in [0.2, 0.25) is 5.28 Å². The number of aromatic nitrogens is 3. The third-order valence-electron chi connectivity index (χ3n) is 2.61. The molecule has 1 aliphatic heterocycles. The van der Waals surface area contributed by atoms with Gasteiger partial charge in [0.05, 0.1) is 0 Å². The predicted molar refractivity (Wildman–Crippen MR) is 71.3 cm³/mol. The van der Waals surface area contributed by atoms with E-state index < -0.39 is 0 Å². The molecule has 0 radical (unpaired) electrons. The summed E-state index contributed by atoms with van der Waals surface area (Å²) in [6.07, 6.45) is 3.60. The molecule has 0 N–H and O–H groups in total. The van der Waals surface area contributed by atoms with Crippen molar-refractivity contribution in [3.05, 3.63) is 5.28 Å². The van der Waals surface area contributed by atoms with Crippen LogP contribution in [0.1, 0.15) is 40.0 Å². The molecule has 100 valence electrons. The molecule has 1 fully saturated rings. The van der Waals surface area contributed by atoms with Crippen molar-refractivity contribution in [2.75, 3.05) is 18.0 Å². The number of ether oxygens (including phenoxy) is 1. The number of halogens is 1. The standard InChI is InChI=1S/C12H19ClN4O/c1-12(2,3)18-11-15-9(13)14-10(16-11)17-7-5-4-6-8-17/h4-8H2,1-3H3. The van der Waals surface area contributed by atoms with Gasteiger partial charge in [-0.1, -0.05) is 0 Å². The van der Waals surface area contributed by atoms with Crippen molar-refractivity contribution < 1.29 is 4.74 Å². The molecule has 6 heteroatoms. The van der Waals surface area contributed by atoms with E-state index in [1.807, 2.05) is 20.8 Å². The summed E-state index contributed by atoms with van der Waals surface area (Å²) in [5, 5.41) is 0.185. The molecule has 0 saturated carbocycles. The van der Waals surface area contributed by atoms with E-state index >= 15 is 0 Å². The quantitative estimate of drug-likeness (QED) is 0.827. The van der Waals surface area contributed by atoms with E-state index in [2.05, 4.69) is 19.9 Å². The first-order valence-electron chi connectivity index (χ1n) is 6.29. The molecule has 0 unspecified atom stereocenters. The van der Waals surface area contributed by atoms with Crippen LogP contribution in [0.25, 0.3) is 0 Å². The predicted octanol–water partition coefficient (Wildman–Crippen LogP) is 2.69. The lowest BCUT2D eigenvalue weighted by Crippen LogP contribution is -2.32. The second-order valence-electron chi connectivity index (χ2n) is 5.45. The Bertz CT molecular complexity index is 413. The van der Waals surface area contributed by atoms with Crippen LogP contribution in [0.3, 0.4) is 0 Å². The van der Waals surface area contributed by atoms with Crippen LogP contribution in [0.15, 0.2) is 0 Å². The number of hydrogen-bond donors (Lipinski definition) is 0. The number of nitrogens with zero attached hydrogens (tertiary/aromatic N) is 4. The third-order valence-corrected chi connectivity index (χ3v) is 2.78. The smallest absolute Gasteiger partial charge is 0.323 e. The molecule has 0 aromatic carbocycles. The first-order chi connectivity index (χ1) is 8.44. The molecule has 0 spiro atoms. The molecule has 1 aromatic heterocycles.